The molecule has 1 amide bonds. The van der Waals surface area contributed by atoms with Gasteiger partial charge in [-0.1, -0.05) is 17.8 Å². The summed E-state index contributed by atoms with van der Waals surface area (Å²) in [5.74, 6) is 2.44. The van der Waals surface area contributed by atoms with Crippen LogP contribution in [0.15, 0.2) is 5.51 Å². The van der Waals surface area contributed by atoms with Gasteiger partial charge in [0.15, 0.2) is 0 Å². The van der Waals surface area contributed by atoms with E-state index < -0.39 is 0 Å². The van der Waals surface area contributed by atoms with Crippen molar-refractivity contribution >= 4 is 22.4 Å². The lowest BCUT2D eigenvalue weighted by molar-refractivity contribution is -0.117. The van der Waals surface area contributed by atoms with Crippen LogP contribution in [-0.2, 0) is 4.79 Å². The Hall–Kier alpha value is -0.970. The van der Waals surface area contributed by atoms with Gasteiger partial charge in [-0.15, -0.1) is 10.2 Å². The van der Waals surface area contributed by atoms with Gasteiger partial charge in [0.25, 0.3) is 0 Å². The topological polar surface area (TPSA) is 54.9 Å². The number of carbonyl (C=O) groups excluding carboxylic acids is 1. The second-order valence-electron chi connectivity index (χ2n) is 4.93. The average Bonchev–Trinajstić information content (AvgIpc) is 2.92. The number of hydrogen-bond acceptors (Lipinski definition) is 4. The standard InChI is InChI=1S/C11H15N3OS/c15-10(13-11-14-12-6-16-11)5-9-4-7-1-2-8(9)3-7/h6-9H,1-5H2,(H,13,14,15). The molecular formula is C11H15N3OS. The largest absolute Gasteiger partial charge is 0.301 e. The Morgan fingerprint density at radius 3 is 3.06 bits per heavy atom. The van der Waals surface area contributed by atoms with E-state index >= 15 is 0 Å². The number of amides is 1. The van der Waals surface area contributed by atoms with E-state index in [-0.39, 0.29) is 5.91 Å². The highest BCUT2D eigenvalue weighted by molar-refractivity contribution is 7.13. The maximum atomic E-state index is 11.8. The normalized spacial score (nSPS) is 31.9. The van der Waals surface area contributed by atoms with Crippen molar-refractivity contribution in [2.75, 3.05) is 5.32 Å². The molecule has 3 atom stereocenters. The van der Waals surface area contributed by atoms with Crippen molar-refractivity contribution in [3.63, 3.8) is 0 Å². The third-order valence-corrected chi connectivity index (χ3v) is 4.55. The predicted octanol–water partition coefficient (Wildman–Crippen LogP) is 2.30. The molecule has 1 N–H and O–H groups in total. The van der Waals surface area contributed by atoms with Crippen molar-refractivity contribution in [3.05, 3.63) is 5.51 Å². The number of anilines is 1. The molecule has 2 bridgehead atoms. The van der Waals surface area contributed by atoms with Gasteiger partial charge in [-0.05, 0) is 37.0 Å². The number of carbonyl (C=O) groups is 1. The van der Waals surface area contributed by atoms with Crippen molar-refractivity contribution in [3.8, 4) is 0 Å². The second kappa shape index (κ2) is 4.13. The van der Waals surface area contributed by atoms with Gasteiger partial charge in [-0.3, -0.25) is 4.79 Å². The first kappa shape index (κ1) is 10.2. The van der Waals surface area contributed by atoms with Gasteiger partial charge in [0, 0.05) is 6.42 Å². The van der Waals surface area contributed by atoms with Crippen molar-refractivity contribution < 1.29 is 4.79 Å². The molecular weight excluding hydrogens is 222 g/mol. The number of hydrogen-bond donors (Lipinski definition) is 1. The molecule has 2 saturated carbocycles. The molecule has 4 nitrogen and oxygen atoms in total. The number of nitrogens with zero attached hydrogens (tertiary/aromatic N) is 2. The van der Waals surface area contributed by atoms with E-state index in [0.29, 0.717) is 17.5 Å². The molecule has 1 aromatic rings. The first-order valence-corrected chi connectivity index (χ1v) is 6.75. The van der Waals surface area contributed by atoms with E-state index in [1.165, 1.54) is 37.0 Å². The van der Waals surface area contributed by atoms with E-state index in [4.69, 9.17) is 0 Å². The maximum Gasteiger partial charge on any atom is 0.226 e. The molecule has 2 aliphatic rings. The monoisotopic (exact) mass is 237 g/mol. The van der Waals surface area contributed by atoms with Crippen molar-refractivity contribution in [1.29, 1.82) is 0 Å². The molecule has 3 rings (SSSR count). The summed E-state index contributed by atoms with van der Waals surface area (Å²) in [5, 5.41) is 10.9. The first-order valence-electron chi connectivity index (χ1n) is 5.87. The van der Waals surface area contributed by atoms with Crippen LogP contribution in [0.25, 0.3) is 0 Å². The van der Waals surface area contributed by atoms with Gasteiger partial charge in [-0.2, -0.15) is 0 Å². The number of fused-ring (bicyclic) bond motifs is 2. The van der Waals surface area contributed by atoms with Crippen LogP contribution in [0.1, 0.15) is 32.1 Å². The van der Waals surface area contributed by atoms with E-state index in [0.717, 1.165) is 11.8 Å². The highest BCUT2D eigenvalue weighted by atomic mass is 32.1. The van der Waals surface area contributed by atoms with Crippen molar-refractivity contribution in [2.45, 2.75) is 32.1 Å². The summed E-state index contributed by atoms with van der Waals surface area (Å²) < 4.78 is 0. The summed E-state index contributed by atoms with van der Waals surface area (Å²) in [6.45, 7) is 0. The van der Waals surface area contributed by atoms with Gasteiger partial charge in [0.2, 0.25) is 11.0 Å². The van der Waals surface area contributed by atoms with E-state index in [2.05, 4.69) is 15.5 Å². The fourth-order valence-corrected chi connectivity index (χ4v) is 3.72. The SMILES string of the molecule is O=C(CC1CC2CCC1C2)Nc1nncs1. The average molecular weight is 237 g/mol. The van der Waals surface area contributed by atoms with Crippen molar-refractivity contribution in [2.24, 2.45) is 17.8 Å². The molecule has 0 spiro atoms. The Kier molecular flexibility index (Phi) is 2.63. The van der Waals surface area contributed by atoms with Gasteiger partial charge in [0.05, 0.1) is 0 Å². The molecule has 5 heteroatoms. The van der Waals surface area contributed by atoms with Crippen LogP contribution < -0.4 is 5.32 Å². The molecule has 2 fully saturated rings. The van der Waals surface area contributed by atoms with E-state index in [1.54, 1.807) is 5.51 Å². The Morgan fingerprint density at radius 1 is 1.50 bits per heavy atom. The fourth-order valence-electron chi connectivity index (χ4n) is 3.26. The van der Waals surface area contributed by atoms with Crippen LogP contribution in [0.3, 0.4) is 0 Å². The first-order chi connectivity index (χ1) is 7.81. The highest BCUT2D eigenvalue weighted by Crippen LogP contribution is 2.49. The molecule has 0 aliphatic heterocycles. The smallest absolute Gasteiger partial charge is 0.226 e. The second-order valence-corrected chi connectivity index (χ2v) is 5.76. The quantitative estimate of drug-likeness (QED) is 0.877. The van der Waals surface area contributed by atoms with Gasteiger partial charge >= 0.3 is 0 Å². The molecule has 1 heterocycles. The van der Waals surface area contributed by atoms with Gasteiger partial charge in [0.1, 0.15) is 5.51 Å². The third kappa shape index (κ3) is 1.96. The Balaban J connectivity index is 1.53. The Labute approximate surface area is 98.5 Å². The minimum Gasteiger partial charge on any atom is -0.301 e. The summed E-state index contributed by atoms with van der Waals surface area (Å²) in [5.41, 5.74) is 1.63. The minimum absolute atomic E-state index is 0.106. The Morgan fingerprint density at radius 2 is 2.44 bits per heavy atom. The summed E-state index contributed by atoms with van der Waals surface area (Å²) in [4.78, 5) is 11.8. The van der Waals surface area contributed by atoms with Gasteiger partial charge < -0.3 is 5.32 Å². The molecule has 2 aliphatic carbocycles. The van der Waals surface area contributed by atoms with Gasteiger partial charge in [-0.25, -0.2) is 0 Å². The zero-order valence-electron chi connectivity index (χ0n) is 9.06. The molecule has 0 radical (unpaired) electrons. The van der Waals surface area contributed by atoms with Crippen LogP contribution in [0.4, 0.5) is 5.13 Å². The lowest BCUT2D eigenvalue weighted by Crippen LogP contribution is -2.20. The third-order valence-electron chi connectivity index (χ3n) is 3.94. The predicted molar refractivity (Wildman–Crippen MR) is 62.1 cm³/mol. The van der Waals surface area contributed by atoms with Crippen LogP contribution >= 0.6 is 11.3 Å². The zero-order valence-corrected chi connectivity index (χ0v) is 9.87. The van der Waals surface area contributed by atoms with E-state index in [1.807, 2.05) is 0 Å². The zero-order chi connectivity index (χ0) is 11.0. The molecule has 0 saturated heterocycles. The fraction of sp³-hybridized carbons (Fsp3) is 0.727. The molecule has 86 valence electrons. The number of rotatable bonds is 3. The van der Waals surface area contributed by atoms with E-state index in [9.17, 15) is 4.79 Å². The Bertz CT molecular complexity index is 379. The lowest BCUT2D eigenvalue weighted by atomic mass is 9.86. The molecule has 0 aromatic carbocycles. The summed E-state index contributed by atoms with van der Waals surface area (Å²) in [6.07, 6.45) is 6.01. The van der Waals surface area contributed by atoms with Crippen molar-refractivity contribution in [1.82, 2.24) is 10.2 Å². The molecule has 16 heavy (non-hydrogen) atoms. The summed E-state index contributed by atoms with van der Waals surface area (Å²) >= 11 is 1.37. The van der Waals surface area contributed by atoms with Crippen LogP contribution in [0.2, 0.25) is 0 Å². The van der Waals surface area contributed by atoms with Crippen LogP contribution in [-0.4, -0.2) is 16.1 Å². The minimum atomic E-state index is 0.106. The molecule has 3 unspecified atom stereocenters. The molecule has 1 aromatic heterocycles. The van der Waals surface area contributed by atoms with Crippen LogP contribution in [0.5, 0.6) is 0 Å². The number of aromatic nitrogens is 2. The maximum absolute atomic E-state index is 11.8. The number of nitrogens with one attached hydrogen (secondary N) is 1. The summed E-state index contributed by atoms with van der Waals surface area (Å²) in [6, 6.07) is 0. The van der Waals surface area contributed by atoms with Crippen LogP contribution in [0, 0.1) is 17.8 Å². The summed E-state index contributed by atoms with van der Waals surface area (Å²) in [7, 11) is 0. The highest BCUT2D eigenvalue weighted by Gasteiger charge is 2.40. The lowest BCUT2D eigenvalue weighted by Gasteiger charge is -2.20.